The minimum atomic E-state index is -1.07. The topological polar surface area (TPSA) is 138 Å². The maximum absolute atomic E-state index is 14.0. The lowest BCUT2D eigenvalue weighted by atomic mass is 9.91. The van der Waals surface area contributed by atoms with E-state index in [1.165, 1.54) is 22.7 Å². The molecule has 2 aromatic rings. The molecule has 1 aromatic carbocycles. The largest absolute Gasteiger partial charge is 0.469 e. The normalized spacial score (nSPS) is 19.1. The lowest BCUT2D eigenvalue weighted by Gasteiger charge is -2.38. The molecule has 229 valence electrons. The summed E-state index contributed by atoms with van der Waals surface area (Å²) < 4.78 is 6.02. The zero-order valence-electron chi connectivity index (χ0n) is 24.8. The van der Waals surface area contributed by atoms with Crippen molar-refractivity contribution < 1.29 is 23.9 Å². The van der Waals surface area contributed by atoms with Gasteiger partial charge in [0, 0.05) is 23.5 Å². The molecule has 2 aliphatic carbocycles. The van der Waals surface area contributed by atoms with Crippen LogP contribution in [-0.2, 0) is 14.3 Å². The molecule has 0 saturated heterocycles. The number of rotatable bonds is 12. The molecule has 2 fully saturated rings. The molecule has 2 heterocycles. The first-order valence-corrected chi connectivity index (χ1v) is 15.8. The van der Waals surface area contributed by atoms with Gasteiger partial charge in [-0.1, -0.05) is 57.0 Å². The Morgan fingerprint density at radius 1 is 1.19 bits per heavy atom. The number of nitrogens with one attached hydrogen (secondary N) is 1. The minimum Gasteiger partial charge on any atom is -0.469 e. The number of anilines is 1. The number of thiazole rings is 1. The third-order valence-electron chi connectivity index (χ3n) is 8.19. The molecule has 0 bridgehead atoms. The minimum absolute atomic E-state index is 0.115. The second-order valence-electron chi connectivity index (χ2n) is 11.9. The van der Waals surface area contributed by atoms with Gasteiger partial charge in [-0.05, 0) is 44.4 Å². The monoisotopic (exact) mass is 607 g/mol. The van der Waals surface area contributed by atoms with Crippen LogP contribution in [0.3, 0.4) is 0 Å². The van der Waals surface area contributed by atoms with Crippen LogP contribution in [0.4, 0.5) is 9.93 Å². The fraction of sp³-hybridized carbons (Fsp3) is 0.516. The van der Waals surface area contributed by atoms with E-state index in [4.69, 9.17) is 10.6 Å². The van der Waals surface area contributed by atoms with Gasteiger partial charge in [-0.2, -0.15) is 0 Å². The first-order chi connectivity index (χ1) is 20.7. The summed E-state index contributed by atoms with van der Waals surface area (Å²) in [6.45, 7) is 6.76. The Labute approximate surface area is 256 Å². The standard InChI is InChI=1S/C31H39N6O5S/c1-19(2)16-35(23-10-7-11-23)31-33-25(18-43-31)28(40)36(24(17-38)14-21-12-13-21)27(39)15-26-20(3)42-29(37(26)30(41)34-32)22-8-5-4-6-9-22/h4-6,8-9,18-19,21,23-24,29H,7,10-16,32H2,1-3H3,(H,34,41)/t24-,29?/m0/s1. The number of hydrogen-bond donors (Lipinski definition) is 2. The number of benzene rings is 1. The van der Waals surface area contributed by atoms with Crippen LogP contribution in [0.5, 0.6) is 0 Å². The van der Waals surface area contributed by atoms with Gasteiger partial charge in [-0.3, -0.25) is 29.6 Å². The molecule has 1 unspecified atom stereocenters. The van der Waals surface area contributed by atoms with Gasteiger partial charge in [-0.15, -0.1) is 11.3 Å². The summed E-state index contributed by atoms with van der Waals surface area (Å²) in [6, 6.07) is 7.71. The predicted molar refractivity (Wildman–Crippen MR) is 162 cm³/mol. The van der Waals surface area contributed by atoms with E-state index in [0.717, 1.165) is 42.3 Å². The Morgan fingerprint density at radius 3 is 2.49 bits per heavy atom. The molecule has 5 rings (SSSR count). The van der Waals surface area contributed by atoms with E-state index in [0.29, 0.717) is 29.7 Å². The molecule has 0 spiro atoms. The van der Waals surface area contributed by atoms with Crippen molar-refractivity contribution in [2.24, 2.45) is 17.7 Å². The highest BCUT2D eigenvalue weighted by atomic mass is 32.1. The Kier molecular flexibility index (Phi) is 9.46. The maximum Gasteiger partial charge on any atom is 0.339 e. The van der Waals surface area contributed by atoms with Crippen LogP contribution in [0.15, 0.2) is 47.2 Å². The van der Waals surface area contributed by atoms with Gasteiger partial charge >= 0.3 is 6.03 Å². The highest BCUT2D eigenvalue weighted by Crippen LogP contribution is 2.39. The molecule has 1 aliphatic heterocycles. The van der Waals surface area contributed by atoms with E-state index >= 15 is 0 Å². The third-order valence-corrected chi connectivity index (χ3v) is 9.07. The van der Waals surface area contributed by atoms with Crippen molar-refractivity contribution in [3.8, 4) is 0 Å². The van der Waals surface area contributed by atoms with Crippen molar-refractivity contribution in [1.29, 1.82) is 0 Å². The fourth-order valence-corrected chi connectivity index (χ4v) is 6.45. The van der Waals surface area contributed by atoms with Crippen LogP contribution < -0.4 is 16.2 Å². The number of amides is 4. The van der Waals surface area contributed by atoms with E-state index in [-0.39, 0.29) is 23.7 Å². The van der Waals surface area contributed by atoms with Crippen molar-refractivity contribution in [2.75, 3.05) is 11.4 Å². The van der Waals surface area contributed by atoms with E-state index in [1.54, 1.807) is 24.4 Å². The molecule has 3 N–H and O–H groups in total. The summed E-state index contributed by atoms with van der Waals surface area (Å²) in [5.41, 5.74) is 3.18. The van der Waals surface area contributed by atoms with E-state index < -0.39 is 30.1 Å². The summed E-state index contributed by atoms with van der Waals surface area (Å²) in [5, 5.41) is 2.40. The average Bonchev–Trinajstić information content (AvgIpc) is 3.54. The van der Waals surface area contributed by atoms with Gasteiger partial charge in [0.25, 0.3) is 5.91 Å². The Morgan fingerprint density at radius 2 is 1.91 bits per heavy atom. The first kappa shape index (κ1) is 30.7. The van der Waals surface area contributed by atoms with E-state index in [1.807, 2.05) is 24.5 Å². The number of carbonyl (C=O) groups excluding carboxylic acids is 4. The van der Waals surface area contributed by atoms with Crippen molar-refractivity contribution in [1.82, 2.24) is 20.2 Å². The van der Waals surface area contributed by atoms with Crippen molar-refractivity contribution in [3.05, 3.63) is 58.4 Å². The van der Waals surface area contributed by atoms with Crippen LogP contribution in [0.25, 0.3) is 0 Å². The highest BCUT2D eigenvalue weighted by molar-refractivity contribution is 7.14. The van der Waals surface area contributed by atoms with Crippen LogP contribution in [0.1, 0.15) is 88.0 Å². The van der Waals surface area contributed by atoms with Gasteiger partial charge < -0.3 is 9.64 Å². The number of allylic oxidation sites excluding steroid dienone is 1. The molecule has 4 amide bonds. The quantitative estimate of drug-likeness (QED) is 0.202. The number of carbonyl (C=O) groups is 3. The summed E-state index contributed by atoms with van der Waals surface area (Å²) in [7, 11) is 0. The van der Waals surface area contributed by atoms with Crippen LogP contribution >= 0.6 is 11.3 Å². The van der Waals surface area contributed by atoms with Crippen LogP contribution in [0.2, 0.25) is 0 Å². The number of aromatic nitrogens is 1. The summed E-state index contributed by atoms with van der Waals surface area (Å²) in [5.74, 6) is 5.21. The number of urea groups is 1. The smallest absolute Gasteiger partial charge is 0.339 e. The second-order valence-corrected chi connectivity index (χ2v) is 12.7. The zero-order valence-corrected chi connectivity index (χ0v) is 25.6. The molecule has 11 nitrogen and oxygen atoms in total. The lowest BCUT2D eigenvalue weighted by Crippen LogP contribution is -2.48. The summed E-state index contributed by atoms with van der Waals surface area (Å²) in [4.78, 5) is 62.4. The predicted octanol–water partition coefficient (Wildman–Crippen LogP) is 4.64. The van der Waals surface area contributed by atoms with E-state index in [2.05, 4.69) is 29.2 Å². The average molecular weight is 608 g/mol. The van der Waals surface area contributed by atoms with Crippen molar-refractivity contribution >= 4 is 40.6 Å². The number of hydrazine groups is 1. The number of hydrogen-bond acceptors (Lipinski definition) is 9. The SMILES string of the molecule is CC1=C(CC(=O)N(C(=O)c2csc(N(CC(C)C)C3CCC3)n2)[C@H]([C]=O)CC2CC2)N(C(=O)NN)C(c2ccccc2)O1. The lowest BCUT2D eigenvalue weighted by molar-refractivity contribution is -0.129. The molecule has 2 saturated carbocycles. The molecular weight excluding hydrogens is 568 g/mol. The van der Waals surface area contributed by atoms with Gasteiger partial charge in [0.15, 0.2) is 5.13 Å². The van der Waals surface area contributed by atoms with Gasteiger partial charge in [0.2, 0.25) is 18.4 Å². The first-order valence-electron chi connectivity index (χ1n) is 14.9. The van der Waals surface area contributed by atoms with Gasteiger partial charge in [-0.25, -0.2) is 15.6 Å². The summed E-state index contributed by atoms with van der Waals surface area (Å²) >= 11 is 1.37. The van der Waals surface area contributed by atoms with E-state index in [9.17, 15) is 19.2 Å². The van der Waals surface area contributed by atoms with Gasteiger partial charge in [0.05, 0.1) is 12.1 Å². The van der Waals surface area contributed by atoms with Crippen LogP contribution in [-0.4, -0.2) is 57.5 Å². The molecular formula is C31H39N6O5S. The molecule has 1 radical (unpaired) electrons. The summed E-state index contributed by atoms with van der Waals surface area (Å²) in [6.07, 6.45) is 6.27. The second kappa shape index (κ2) is 13.3. The Bertz CT molecular complexity index is 1370. The number of ether oxygens (including phenoxy) is 1. The highest BCUT2D eigenvalue weighted by Gasteiger charge is 2.42. The molecule has 12 heteroatoms. The number of nitrogens with two attached hydrogens (primary N) is 1. The molecule has 43 heavy (non-hydrogen) atoms. The van der Waals surface area contributed by atoms with Gasteiger partial charge in [0.1, 0.15) is 17.5 Å². The van der Waals surface area contributed by atoms with Crippen molar-refractivity contribution in [2.45, 2.75) is 84.0 Å². The molecule has 1 aromatic heterocycles. The molecule has 2 atom stereocenters. The third kappa shape index (κ3) is 6.75. The maximum atomic E-state index is 14.0. The zero-order chi connectivity index (χ0) is 30.7. The Hall–Kier alpha value is -3.77. The Balaban J connectivity index is 1.43. The number of nitrogens with zero attached hydrogens (tertiary/aromatic N) is 4. The molecule has 3 aliphatic rings. The number of imide groups is 1. The van der Waals surface area contributed by atoms with Crippen LogP contribution in [0, 0.1) is 11.8 Å². The fourth-order valence-electron chi connectivity index (χ4n) is 5.57. The van der Waals surface area contributed by atoms with Crippen molar-refractivity contribution in [3.63, 3.8) is 0 Å².